The first-order chi connectivity index (χ1) is 16.0. The van der Waals surface area contributed by atoms with E-state index in [4.69, 9.17) is 14.2 Å². The lowest BCUT2D eigenvalue weighted by atomic mass is 9.59. The van der Waals surface area contributed by atoms with Crippen LogP contribution in [0.5, 0.6) is 0 Å². The van der Waals surface area contributed by atoms with Crippen LogP contribution in [-0.4, -0.2) is 68.8 Å². The van der Waals surface area contributed by atoms with Gasteiger partial charge in [0.15, 0.2) is 5.60 Å². The highest BCUT2D eigenvalue weighted by Gasteiger charge is 2.87. The normalized spacial score (nSPS) is 45.0. The van der Waals surface area contributed by atoms with Crippen molar-refractivity contribution in [2.45, 2.75) is 83.9 Å². The zero-order valence-electron chi connectivity index (χ0n) is 21.3. The van der Waals surface area contributed by atoms with Crippen molar-refractivity contribution in [2.24, 2.45) is 29.1 Å². The van der Waals surface area contributed by atoms with Gasteiger partial charge in [0.2, 0.25) is 0 Å². The third-order valence-corrected chi connectivity index (χ3v) is 9.03. The van der Waals surface area contributed by atoms with Crippen molar-refractivity contribution in [3.05, 3.63) is 23.3 Å². The maximum atomic E-state index is 12.6. The van der Waals surface area contributed by atoms with Gasteiger partial charge in [-0.15, -0.1) is 0 Å². The number of ether oxygens (including phenoxy) is 3. The minimum absolute atomic E-state index is 0.0303. The maximum Gasteiger partial charge on any atom is 0.303 e. The average Bonchev–Trinajstić information content (AvgIpc) is 3.15. The van der Waals surface area contributed by atoms with E-state index in [1.54, 1.807) is 26.0 Å². The molecule has 0 unspecified atom stereocenters. The minimum atomic E-state index is -1.77. The molecule has 9 atom stereocenters. The van der Waals surface area contributed by atoms with Crippen LogP contribution in [0, 0.1) is 29.1 Å². The molecular formula is C26H36O9. The third-order valence-electron chi connectivity index (χ3n) is 9.03. The van der Waals surface area contributed by atoms with Crippen LogP contribution in [-0.2, 0) is 28.6 Å². The molecule has 4 aliphatic carbocycles. The van der Waals surface area contributed by atoms with E-state index in [1.165, 1.54) is 20.8 Å². The van der Waals surface area contributed by atoms with E-state index >= 15 is 0 Å². The Balaban J connectivity index is 1.94. The Morgan fingerprint density at radius 3 is 2.23 bits per heavy atom. The molecule has 0 aliphatic heterocycles. The fraction of sp³-hybridized carbons (Fsp3) is 0.731. The molecule has 0 heterocycles. The molecule has 3 N–H and O–H groups in total. The van der Waals surface area contributed by atoms with Crippen molar-refractivity contribution in [3.8, 4) is 0 Å². The molecular weight excluding hydrogens is 456 g/mol. The first kappa shape index (κ1) is 25.9. The molecule has 0 radical (unpaired) electrons. The first-order valence-electron chi connectivity index (χ1n) is 12.1. The van der Waals surface area contributed by atoms with Gasteiger partial charge < -0.3 is 29.5 Å². The van der Waals surface area contributed by atoms with Gasteiger partial charge in [-0.3, -0.25) is 14.4 Å². The smallest absolute Gasteiger partial charge is 0.303 e. The van der Waals surface area contributed by atoms with Gasteiger partial charge in [0.05, 0.1) is 5.60 Å². The number of rotatable bonds is 4. The molecule has 35 heavy (non-hydrogen) atoms. The summed E-state index contributed by atoms with van der Waals surface area (Å²) in [5.41, 5.74) is -4.26. The van der Waals surface area contributed by atoms with Crippen LogP contribution in [0.2, 0.25) is 0 Å². The van der Waals surface area contributed by atoms with Crippen molar-refractivity contribution in [1.82, 2.24) is 0 Å². The summed E-state index contributed by atoms with van der Waals surface area (Å²) in [4.78, 5) is 36.0. The SMILES string of the molecule is CC(=O)OCC1=C[C@H]2[C@@H]3C(C)(C)[C@]3(OC(C)=O)[C@H](OC(C)=O)[C@@H](C)[C@]2(O)[C@@H]2C=C(C)[C@@H](O)[C@@]2(O)C1. The summed E-state index contributed by atoms with van der Waals surface area (Å²) in [5, 5.41) is 35.4. The zero-order chi connectivity index (χ0) is 26.3. The molecule has 0 amide bonds. The highest BCUT2D eigenvalue weighted by atomic mass is 16.6. The highest BCUT2D eigenvalue weighted by molar-refractivity contribution is 5.69. The molecule has 2 saturated carbocycles. The number of aliphatic hydroxyl groups excluding tert-OH is 1. The first-order valence-corrected chi connectivity index (χ1v) is 12.1. The number of fused-ring (bicyclic) bond motifs is 5. The van der Waals surface area contributed by atoms with Crippen LogP contribution in [0.3, 0.4) is 0 Å². The van der Waals surface area contributed by atoms with Gasteiger partial charge in [-0.25, -0.2) is 0 Å². The van der Waals surface area contributed by atoms with Crippen LogP contribution >= 0.6 is 0 Å². The van der Waals surface area contributed by atoms with E-state index in [2.05, 4.69) is 0 Å². The number of hydrogen-bond donors (Lipinski definition) is 3. The second kappa shape index (κ2) is 7.88. The number of carbonyl (C=O) groups is 3. The number of esters is 3. The lowest BCUT2D eigenvalue weighted by molar-refractivity contribution is -0.234. The largest absolute Gasteiger partial charge is 0.461 e. The van der Waals surface area contributed by atoms with E-state index in [1.807, 2.05) is 13.8 Å². The van der Waals surface area contributed by atoms with Crippen molar-refractivity contribution >= 4 is 17.9 Å². The van der Waals surface area contributed by atoms with Crippen molar-refractivity contribution in [2.75, 3.05) is 6.61 Å². The molecule has 0 aromatic rings. The summed E-state index contributed by atoms with van der Waals surface area (Å²) < 4.78 is 16.9. The molecule has 0 aromatic heterocycles. The quantitative estimate of drug-likeness (QED) is 0.302. The average molecular weight is 493 g/mol. The Bertz CT molecular complexity index is 1030. The van der Waals surface area contributed by atoms with Gasteiger partial charge in [-0.2, -0.15) is 0 Å². The zero-order valence-corrected chi connectivity index (χ0v) is 21.3. The van der Waals surface area contributed by atoms with Crippen LogP contribution in [0.15, 0.2) is 23.3 Å². The lowest BCUT2D eigenvalue weighted by Gasteiger charge is -2.53. The van der Waals surface area contributed by atoms with E-state index in [0.29, 0.717) is 11.1 Å². The predicted octanol–water partition coefficient (Wildman–Crippen LogP) is 1.43. The topological polar surface area (TPSA) is 140 Å². The summed E-state index contributed by atoms with van der Waals surface area (Å²) >= 11 is 0. The van der Waals surface area contributed by atoms with Gasteiger partial charge in [-0.1, -0.05) is 32.9 Å². The van der Waals surface area contributed by atoms with Crippen LogP contribution in [0.25, 0.3) is 0 Å². The molecule has 4 rings (SSSR count). The standard InChI is InChI=1S/C26H36O9/c1-12-8-19-24(31,21(12)30)10-17(11-33-14(3)27)9-18-20-23(6,7)26(20,35-16(5)29)22(34-15(4)28)13(2)25(18,19)32/h8-9,13,18-22,30-32H,10-11H2,1-7H3/t13-,18+,19-,20-,21-,22-,24-,25-,26-/m1/s1. The maximum absolute atomic E-state index is 12.6. The fourth-order valence-corrected chi connectivity index (χ4v) is 7.59. The van der Waals surface area contributed by atoms with Crippen LogP contribution in [0.1, 0.15) is 54.9 Å². The molecule has 0 aromatic carbocycles. The Morgan fingerprint density at radius 2 is 1.69 bits per heavy atom. The van der Waals surface area contributed by atoms with Crippen LogP contribution in [0.4, 0.5) is 0 Å². The summed E-state index contributed by atoms with van der Waals surface area (Å²) in [7, 11) is 0. The van der Waals surface area contributed by atoms with E-state index in [0.717, 1.165) is 0 Å². The predicted molar refractivity (Wildman–Crippen MR) is 122 cm³/mol. The van der Waals surface area contributed by atoms with Crippen molar-refractivity contribution in [3.63, 3.8) is 0 Å². The summed E-state index contributed by atoms with van der Waals surface area (Å²) in [6.45, 7) is 10.9. The van der Waals surface area contributed by atoms with Gasteiger partial charge >= 0.3 is 17.9 Å². The number of aliphatic hydroxyl groups is 3. The third kappa shape index (κ3) is 3.34. The Morgan fingerprint density at radius 1 is 1.06 bits per heavy atom. The van der Waals surface area contributed by atoms with E-state index in [9.17, 15) is 29.7 Å². The number of carbonyl (C=O) groups excluding carboxylic acids is 3. The highest BCUT2D eigenvalue weighted by Crippen LogP contribution is 2.77. The van der Waals surface area contributed by atoms with Gasteiger partial charge in [0, 0.05) is 56.3 Å². The van der Waals surface area contributed by atoms with Crippen LogP contribution < -0.4 is 0 Å². The Hall–Kier alpha value is -2.23. The Labute approximate surface area is 205 Å². The second-order valence-corrected chi connectivity index (χ2v) is 11.4. The van der Waals surface area contributed by atoms with E-state index < -0.39 is 76.0 Å². The molecule has 0 spiro atoms. The lowest BCUT2D eigenvalue weighted by Crippen LogP contribution is -2.66. The molecule has 0 bridgehead atoms. The molecule has 4 aliphatic rings. The van der Waals surface area contributed by atoms with Gasteiger partial charge in [0.1, 0.15) is 24.4 Å². The summed E-state index contributed by atoms with van der Waals surface area (Å²) in [5.74, 6) is -4.43. The van der Waals surface area contributed by atoms with Crippen molar-refractivity contribution in [1.29, 1.82) is 0 Å². The minimum Gasteiger partial charge on any atom is -0.461 e. The summed E-state index contributed by atoms with van der Waals surface area (Å²) in [6.07, 6.45) is 1.23. The van der Waals surface area contributed by atoms with E-state index in [-0.39, 0.29) is 13.0 Å². The molecule has 0 saturated heterocycles. The van der Waals surface area contributed by atoms with Crippen molar-refractivity contribution < 1.29 is 43.9 Å². The fourth-order valence-electron chi connectivity index (χ4n) is 7.59. The monoisotopic (exact) mass is 492 g/mol. The molecule has 9 nitrogen and oxygen atoms in total. The molecule has 9 heteroatoms. The Kier molecular flexibility index (Phi) is 5.82. The van der Waals surface area contributed by atoms with Gasteiger partial charge in [0.25, 0.3) is 0 Å². The molecule has 2 fully saturated rings. The summed E-state index contributed by atoms with van der Waals surface area (Å²) in [6, 6.07) is 0. The molecule has 194 valence electrons. The number of hydrogen-bond acceptors (Lipinski definition) is 9. The van der Waals surface area contributed by atoms with Gasteiger partial charge in [-0.05, 0) is 18.1 Å². The second-order valence-electron chi connectivity index (χ2n) is 11.4.